The van der Waals surface area contributed by atoms with Gasteiger partial charge in [-0.3, -0.25) is 0 Å². The summed E-state index contributed by atoms with van der Waals surface area (Å²) in [7, 11) is 0. The van der Waals surface area contributed by atoms with Gasteiger partial charge in [-0.1, -0.05) is 289 Å². The SMILES string of the molecule is C.C=C(C\C=C(\C=C(/C)c1ccccc1)C1=C/C=C/C=C(c2ccccc2)\C=C/C=C/C=C\1)c1ccc2c(c1)C1(c3ccccc3-c3ccccc31)c1ccccc1C21C(/C=C\C=C/C)=CC2=C1C=CCC2.CC. The molecule has 0 heteroatoms. The van der Waals surface area contributed by atoms with E-state index in [1.807, 2.05) is 13.8 Å². The van der Waals surface area contributed by atoms with E-state index < -0.39 is 10.8 Å². The van der Waals surface area contributed by atoms with Gasteiger partial charge >= 0.3 is 0 Å². The zero-order chi connectivity index (χ0) is 50.2. The van der Waals surface area contributed by atoms with Gasteiger partial charge in [-0.05, 0) is 145 Å². The number of rotatable bonds is 9. The molecule has 11 rings (SSSR count). The van der Waals surface area contributed by atoms with Crippen molar-refractivity contribution in [2.45, 2.75) is 65.2 Å². The van der Waals surface area contributed by atoms with Crippen LogP contribution >= 0.6 is 0 Å². The van der Waals surface area contributed by atoms with Crippen molar-refractivity contribution in [3.63, 3.8) is 0 Å². The highest BCUT2D eigenvalue weighted by Crippen LogP contribution is 2.66. The van der Waals surface area contributed by atoms with Gasteiger partial charge in [0.25, 0.3) is 0 Å². The molecule has 0 aromatic heterocycles. The second kappa shape index (κ2) is 22.6. The highest BCUT2D eigenvalue weighted by Gasteiger charge is 2.58. The van der Waals surface area contributed by atoms with E-state index in [9.17, 15) is 0 Å². The Morgan fingerprint density at radius 1 is 0.581 bits per heavy atom. The first kappa shape index (κ1) is 50.6. The summed E-state index contributed by atoms with van der Waals surface area (Å²) in [6, 6.07) is 56.3. The molecular weight excluding hydrogens is 889 g/mol. The third kappa shape index (κ3) is 9.01. The fourth-order valence-corrected chi connectivity index (χ4v) is 11.9. The molecule has 5 aliphatic carbocycles. The fourth-order valence-electron chi connectivity index (χ4n) is 11.9. The smallest absolute Gasteiger partial charge is 0.0720 e. The molecule has 1 atom stereocenters. The first-order chi connectivity index (χ1) is 36.0. The standard InChI is InChI=1S/C71H58.C2H6.CH4/c1-4-5-10-36-60-49-59-35-19-22-39-63(59)70(60)66-42-25-26-43-67(66)71(64-40-23-20-37-61(64)62-38-21-24-41-65(62)71)69-50-57(46-47-68(69)70)51(2)44-45-58(48-52(3)53-27-13-8-14-28-53)56-32-12-7-6-11-29-55(33-17-18-34-56)54-30-15-9-16-31-54;1-2;/h4-18,20-34,36-43,45-50H,2,19,35,44H2,1,3H3;1-2H3;1H4/b5-4-,7-6+,11-6?,12-7?,18-17+,29-11-,32-12-,33-17?,34-18?,36-10-,52-48+,55-29?,55-33+,56-32?,56-34+,58-45-;;. The summed E-state index contributed by atoms with van der Waals surface area (Å²) in [6.45, 7) is 13.2. The van der Waals surface area contributed by atoms with Gasteiger partial charge in [0, 0.05) is 0 Å². The van der Waals surface area contributed by atoms with Crippen LogP contribution in [-0.4, -0.2) is 0 Å². The first-order valence-corrected chi connectivity index (χ1v) is 26.2. The van der Waals surface area contributed by atoms with Crippen LogP contribution in [0.1, 0.15) is 104 Å². The van der Waals surface area contributed by atoms with Crippen LogP contribution in [-0.2, 0) is 10.8 Å². The van der Waals surface area contributed by atoms with Crippen LogP contribution < -0.4 is 0 Å². The molecule has 0 saturated heterocycles. The van der Waals surface area contributed by atoms with E-state index in [-0.39, 0.29) is 7.43 Å². The molecule has 5 aliphatic rings. The van der Waals surface area contributed by atoms with Crippen molar-refractivity contribution in [2.75, 3.05) is 0 Å². The molecule has 0 fully saturated rings. The van der Waals surface area contributed by atoms with Gasteiger partial charge in [0.05, 0.1) is 10.8 Å². The van der Waals surface area contributed by atoms with Crippen molar-refractivity contribution in [3.05, 3.63) is 352 Å². The van der Waals surface area contributed by atoms with Crippen LogP contribution in [0, 0.1) is 0 Å². The van der Waals surface area contributed by atoms with Crippen LogP contribution in [0.2, 0.25) is 0 Å². The van der Waals surface area contributed by atoms with Crippen molar-refractivity contribution >= 4 is 16.7 Å². The minimum atomic E-state index is -0.551. The van der Waals surface area contributed by atoms with Crippen molar-refractivity contribution in [3.8, 4) is 11.1 Å². The van der Waals surface area contributed by atoms with Crippen LogP contribution in [0.3, 0.4) is 0 Å². The van der Waals surface area contributed by atoms with Gasteiger partial charge in [-0.2, -0.15) is 0 Å². The number of benzene rings is 6. The quantitative estimate of drug-likeness (QED) is 0.127. The topological polar surface area (TPSA) is 0 Å². The number of allylic oxidation sites excluding steroid dienone is 27. The third-order valence-corrected chi connectivity index (χ3v) is 15.0. The Morgan fingerprint density at radius 2 is 1.19 bits per heavy atom. The Hall–Kier alpha value is -8.32. The minimum Gasteiger partial charge on any atom is -0.0949 e. The van der Waals surface area contributed by atoms with E-state index in [0.29, 0.717) is 6.42 Å². The molecule has 364 valence electrons. The lowest BCUT2D eigenvalue weighted by molar-refractivity contribution is 0.624. The van der Waals surface area contributed by atoms with Crippen molar-refractivity contribution in [1.82, 2.24) is 0 Å². The minimum absolute atomic E-state index is 0. The maximum absolute atomic E-state index is 4.92. The van der Waals surface area contributed by atoms with E-state index in [1.165, 1.54) is 77.9 Å². The molecule has 0 saturated carbocycles. The average molecular weight is 957 g/mol. The van der Waals surface area contributed by atoms with Crippen LogP contribution in [0.15, 0.2) is 302 Å². The van der Waals surface area contributed by atoms with Gasteiger partial charge < -0.3 is 0 Å². The molecule has 0 radical (unpaired) electrons. The Bertz CT molecular complexity index is 3450. The Balaban J connectivity index is 0.00000222. The van der Waals surface area contributed by atoms with E-state index >= 15 is 0 Å². The van der Waals surface area contributed by atoms with Gasteiger partial charge in [-0.25, -0.2) is 0 Å². The lowest BCUT2D eigenvalue weighted by atomic mass is 9.51. The average Bonchev–Trinajstić information content (AvgIpc) is 4.01. The van der Waals surface area contributed by atoms with Gasteiger partial charge in [0.1, 0.15) is 0 Å². The maximum atomic E-state index is 4.92. The molecule has 0 nitrogen and oxygen atoms in total. The third-order valence-electron chi connectivity index (χ3n) is 15.0. The highest BCUT2D eigenvalue weighted by molar-refractivity contribution is 5.91. The molecular formula is C74H68. The van der Waals surface area contributed by atoms with Crippen LogP contribution in [0.4, 0.5) is 0 Å². The van der Waals surface area contributed by atoms with E-state index in [0.717, 1.165) is 40.7 Å². The van der Waals surface area contributed by atoms with Crippen molar-refractivity contribution < 1.29 is 0 Å². The highest BCUT2D eigenvalue weighted by atomic mass is 14.6. The molecule has 6 aromatic rings. The predicted octanol–water partition coefficient (Wildman–Crippen LogP) is 19.7. The van der Waals surface area contributed by atoms with Gasteiger partial charge in [-0.15, -0.1) is 0 Å². The summed E-state index contributed by atoms with van der Waals surface area (Å²) < 4.78 is 0. The Morgan fingerprint density at radius 3 is 1.89 bits per heavy atom. The molecule has 6 aromatic carbocycles. The normalized spacial score (nSPS) is 21.2. The van der Waals surface area contributed by atoms with Crippen LogP contribution in [0.25, 0.3) is 27.8 Å². The van der Waals surface area contributed by atoms with Crippen molar-refractivity contribution in [1.29, 1.82) is 0 Å². The summed E-state index contributed by atoms with van der Waals surface area (Å²) in [4.78, 5) is 0. The maximum Gasteiger partial charge on any atom is 0.0720 e. The molecule has 0 aliphatic heterocycles. The van der Waals surface area contributed by atoms with Gasteiger partial charge in [0.15, 0.2) is 0 Å². The van der Waals surface area contributed by atoms with Gasteiger partial charge in [0.2, 0.25) is 0 Å². The first-order valence-electron chi connectivity index (χ1n) is 26.2. The zero-order valence-electron chi connectivity index (χ0n) is 42.7. The van der Waals surface area contributed by atoms with Crippen molar-refractivity contribution in [2.24, 2.45) is 0 Å². The lowest BCUT2D eigenvalue weighted by Crippen LogP contribution is -2.44. The molecule has 0 amide bonds. The molecule has 1 unspecified atom stereocenters. The largest absolute Gasteiger partial charge is 0.0949 e. The number of hydrogen-bond donors (Lipinski definition) is 0. The fraction of sp³-hybridized carbons (Fsp3) is 0.135. The summed E-state index contributed by atoms with van der Waals surface area (Å²) in [6.07, 6.45) is 45.2. The van der Waals surface area contributed by atoms with E-state index in [4.69, 9.17) is 6.58 Å². The monoisotopic (exact) mass is 957 g/mol. The Labute approximate surface area is 442 Å². The molecule has 0 bridgehead atoms. The van der Waals surface area contributed by atoms with Crippen LogP contribution in [0.5, 0.6) is 0 Å². The number of fused-ring (bicyclic) bond motifs is 12. The number of hydrogen-bond acceptors (Lipinski definition) is 0. The second-order valence-electron chi connectivity index (χ2n) is 19.0. The van der Waals surface area contributed by atoms with E-state index in [1.54, 1.807) is 0 Å². The summed E-state index contributed by atoms with van der Waals surface area (Å²) in [5.74, 6) is 0. The lowest BCUT2D eigenvalue weighted by Gasteiger charge is -2.50. The molecule has 2 spiro atoms. The molecule has 0 heterocycles. The van der Waals surface area contributed by atoms with E-state index in [2.05, 4.69) is 281 Å². The summed E-state index contributed by atoms with van der Waals surface area (Å²) in [5, 5.41) is 0. The zero-order valence-corrected chi connectivity index (χ0v) is 42.7. The summed E-state index contributed by atoms with van der Waals surface area (Å²) in [5.41, 5.74) is 23.0. The summed E-state index contributed by atoms with van der Waals surface area (Å²) >= 11 is 0. The molecule has 74 heavy (non-hydrogen) atoms. The molecule has 0 N–H and O–H groups in total. The predicted molar refractivity (Wildman–Crippen MR) is 321 cm³/mol. The second-order valence-corrected chi connectivity index (χ2v) is 19.0. The Kier molecular flexibility index (Phi) is 15.5.